The average Bonchev–Trinajstić information content (AvgIpc) is 3.54. The van der Waals surface area contributed by atoms with E-state index in [0.29, 0.717) is 17.9 Å². The number of amides is 1. The van der Waals surface area contributed by atoms with Gasteiger partial charge in [-0.1, -0.05) is 66.2 Å². The number of hydrogen-bond acceptors (Lipinski definition) is 5. The van der Waals surface area contributed by atoms with Gasteiger partial charge in [0.1, 0.15) is 6.10 Å². The van der Waals surface area contributed by atoms with Gasteiger partial charge in [-0.15, -0.1) is 0 Å². The number of carbonyl (C=O) groups is 2. The van der Waals surface area contributed by atoms with E-state index in [-0.39, 0.29) is 6.10 Å². The Kier molecular flexibility index (Phi) is 7.29. The topological polar surface area (TPSA) is 75.6 Å². The SMILES string of the molecule is CC(OC(=O)NSc1cc(Cl)ccc1-c1ccc(-c2ccc(C3(C(=O)O)CC3)cc2)cc1)c1ccsc1. The van der Waals surface area contributed by atoms with Gasteiger partial charge in [0.25, 0.3) is 0 Å². The molecule has 5 nitrogen and oxygen atoms in total. The molecule has 1 aliphatic carbocycles. The first-order chi connectivity index (χ1) is 17.9. The molecule has 0 radical (unpaired) electrons. The lowest BCUT2D eigenvalue weighted by Gasteiger charge is -2.14. The maximum Gasteiger partial charge on any atom is 0.418 e. The van der Waals surface area contributed by atoms with Gasteiger partial charge in [-0.3, -0.25) is 9.52 Å². The van der Waals surface area contributed by atoms with Crippen molar-refractivity contribution in [2.45, 2.75) is 36.2 Å². The number of ether oxygens (including phenoxy) is 1. The van der Waals surface area contributed by atoms with Crippen molar-refractivity contribution >= 4 is 46.9 Å². The Hall–Kier alpha value is -3.26. The molecule has 1 unspecified atom stereocenters. The molecule has 1 atom stereocenters. The number of carbonyl (C=O) groups excluding carboxylic acids is 1. The fourth-order valence-corrected chi connectivity index (χ4v) is 5.95. The summed E-state index contributed by atoms with van der Waals surface area (Å²) in [7, 11) is 0. The van der Waals surface area contributed by atoms with Crippen LogP contribution in [0.25, 0.3) is 22.3 Å². The second-order valence-corrected chi connectivity index (χ2v) is 11.1. The van der Waals surface area contributed by atoms with E-state index in [2.05, 4.69) is 4.72 Å². The number of benzene rings is 3. The maximum absolute atomic E-state index is 12.4. The van der Waals surface area contributed by atoms with Crippen molar-refractivity contribution in [3.63, 3.8) is 0 Å². The van der Waals surface area contributed by atoms with Crippen LogP contribution in [-0.2, 0) is 14.9 Å². The number of carboxylic acid groups (broad SMARTS) is 1. The molecule has 5 rings (SSSR count). The van der Waals surface area contributed by atoms with Crippen molar-refractivity contribution in [3.05, 3.63) is 99.7 Å². The van der Waals surface area contributed by atoms with Crippen molar-refractivity contribution < 1.29 is 19.4 Å². The molecule has 0 saturated heterocycles. The number of halogens is 1. The Bertz CT molecular complexity index is 1420. The Labute approximate surface area is 228 Å². The van der Waals surface area contributed by atoms with Crippen molar-refractivity contribution in [1.29, 1.82) is 0 Å². The zero-order chi connectivity index (χ0) is 26.0. The second-order valence-electron chi connectivity index (χ2n) is 8.99. The number of nitrogens with one attached hydrogen (secondary N) is 1. The first-order valence-corrected chi connectivity index (χ1v) is 13.9. The van der Waals surface area contributed by atoms with E-state index >= 15 is 0 Å². The van der Waals surface area contributed by atoms with Crippen molar-refractivity contribution in [2.24, 2.45) is 0 Å². The van der Waals surface area contributed by atoms with Gasteiger partial charge in [0, 0.05) is 15.5 Å². The summed E-state index contributed by atoms with van der Waals surface area (Å²) < 4.78 is 8.23. The van der Waals surface area contributed by atoms with Crippen molar-refractivity contribution in [2.75, 3.05) is 0 Å². The predicted molar refractivity (Wildman–Crippen MR) is 149 cm³/mol. The summed E-state index contributed by atoms with van der Waals surface area (Å²) >= 11 is 8.97. The van der Waals surface area contributed by atoms with Gasteiger partial charge in [0.15, 0.2) is 0 Å². The molecule has 188 valence electrons. The normalized spacial score (nSPS) is 14.5. The van der Waals surface area contributed by atoms with Crippen LogP contribution in [0.2, 0.25) is 5.02 Å². The van der Waals surface area contributed by atoms with E-state index < -0.39 is 17.5 Å². The summed E-state index contributed by atoms with van der Waals surface area (Å²) in [6.07, 6.45) is 0.520. The highest BCUT2D eigenvalue weighted by molar-refractivity contribution is 7.98. The summed E-state index contributed by atoms with van der Waals surface area (Å²) in [6.45, 7) is 1.84. The number of carboxylic acids is 1. The first-order valence-electron chi connectivity index (χ1n) is 11.8. The fourth-order valence-electron chi connectivity index (χ4n) is 4.25. The summed E-state index contributed by atoms with van der Waals surface area (Å²) in [5.41, 5.74) is 5.07. The van der Waals surface area contributed by atoms with Gasteiger partial charge in [0.05, 0.1) is 5.41 Å². The molecule has 1 aliphatic rings. The molecule has 1 aromatic heterocycles. The number of thiophene rings is 1. The smallest absolute Gasteiger partial charge is 0.418 e. The van der Waals surface area contributed by atoms with E-state index in [1.54, 1.807) is 11.3 Å². The van der Waals surface area contributed by atoms with E-state index in [1.165, 1.54) is 0 Å². The summed E-state index contributed by atoms with van der Waals surface area (Å²) in [5, 5.41) is 14.0. The van der Waals surface area contributed by atoms with E-state index in [4.69, 9.17) is 16.3 Å². The fraction of sp³-hybridized carbons (Fsp3) is 0.172. The lowest BCUT2D eigenvalue weighted by atomic mass is 9.93. The Morgan fingerprint density at radius 2 is 1.65 bits per heavy atom. The number of aliphatic carboxylic acids is 1. The number of rotatable bonds is 8. The van der Waals surface area contributed by atoms with E-state index in [0.717, 1.165) is 50.2 Å². The molecule has 37 heavy (non-hydrogen) atoms. The van der Waals surface area contributed by atoms with Gasteiger partial charge < -0.3 is 9.84 Å². The minimum absolute atomic E-state index is 0.341. The highest BCUT2D eigenvalue weighted by Crippen LogP contribution is 2.48. The third-order valence-corrected chi connectivity index (χ3v) is 8.37. The van der Waals surface area contributed by atoms with Gasteiger partial charge >= 0.3 is 12.1 Å². The second kappa shape index (κ2) is 10.6. The molecule has 8 heteroatoms. The molecular formula is C29H24ClNO4S2. The van der Waals surface area contributed by atoms with Crippen LogP contribution in [0.15, 0.2) is 88.5 Å². The first kappa shape index (κ1) is 25.4. The number of hydrogen-bond donors (Lipinski definition) is 2. The Morgan fingerprint density at radius 3 is 2.24 bits per heavy atom. The molecular weight excluding hydrogens is 526 g/mol. The molecule has 3 aromatic carbocycles. The molecule has 1 amide bonds. The van der Waals surface area contributed by atoms with Crippen LogP contribution in [0.4, 0.5) is 4.79 Å². The van der Waals surface area contributed by atoms with Crippen molar-refractivity contribution in [1.82, 2.24) is 4.72 Å². The summed E-state index contributed by atoms with van der Waals surface area (Å²) in [4.78, 5) is 24.8. The van der Waals surface area contributed by atoms with E-state index in [1.807, 2.05) is 90.5 Å². The average molecular weight is 550 g/mol. The Morgan fingerprint density at radius 1 is 1.00 bits per heavy atom. The van der Waals surface area contributed by atoms with Crippen LogP contribution >= 0.6 is 34.9 Å². The third kappa shape index (κ3) is 5.54. The van der Waals surface area contributed by atoms with Crippen molar-refractivity contribution in [3.8, 4) is 22.3 Å². The highest BCUT2D eigenvalue weighted by atomic mass is 35.5. The zero-order valence-corrected chi connectivity index (χ0v) is 22.3. The predicted octanol–water partition coefficient (Wildman–Crippen LogP) is 8.35. The molecule has 0 spiro atoms. The van der Waals surface area contributed by atoms with Crippen LogP contribution in [0.5, 0.6) is 0 Å². The quantitative estimate of drug-likeness (QED) is 0.216. The maximum atomic E-state index is 12.4. The van der Waals surface area contributed by atoms with Gasteiger partial charge in [-0.2, -0.15) is 11.3 Å². The van der Waals surface area contributed by atoms with Crippen LogP contribution in [0, 0.1) is 0 Å². The monoisotopic (exact) mass is 549 g/mol. The minimum atomic E-state index is -0.749. The minimum Gasteiger partial charge on any atom is -0.481 e. The Balaban J connectivity index is 1.29. The van der Waals surface area contributed by atoms with Gasteiger partial charge in [0.2, 0.25) is 0 Å². The lowest BCUT2D eigenvalue weighted by molar-refractivity contribution is -0.140. The molecule has 1 fully saturated rings. The molecule has 2 N–H and O–H groups in total. The standard InChI is InChI=1S/C29H24ClNO4S2/c1-18(22-12-15-36-17-22)35-28(34)31-37-26-16-24(30)10-11-25(26)21-4-2-19(3-5-21)20-6-8-23(9-7-20)29(13-14-29)27(32)33/h2-12,15-18H,13-14H2,1H3,(H,31,34)(H,32,33). The van der Waals surface area contributed by atoms with Crippen LogP contribution in [-0.4, -0.2) is 17.2 Å². The van der Waals surface area contributed by atoms with Crippen LogP contribution in [0.3, 0.4) is 0 Å². The zero-order valence-electron chi connectivity index (χ0n) is 19.9. The lowest BCUT2D eigenvalue weighted by Crippen LogP contribution is -2.19. The molecule has 4 aromatic rings. The summed E-state index contributed by atoms with van der Waals surface area (Å²) in [5.74, 6) is -0.749. The highest BCUT2D eigenvalue weighted by Gasteiger charge is 2.51. The molecule has 1 saturated carbocycles. The van der Waals surface area contributed by atoms with Crippen LogP contribution in [0.1, 0.15) is 37.0 Å². The van der Waals surface area contributed by atoms with E-state index in [9.17, 15) is 14.7 Å². The third-order valence-electron chi connectivity index (χ3n) is 6.61. The largest absolute Gasteiger partial charge is 0.481 e. The van der Waals surface area contributed by atoms with Gasteiger partial charge in [-0.05, 0) is 88.5 Å². The summed E-state index contributed by atoms with van der Waals surface area (Å²) in [6, 6.07) is 23.4. The molecule has 0 aliphatic heterocycles. The van der Waals surface area contributed by atoms with Crippen LogP contribution < -0.4 is 4.72 Å². The molecule has 0 bridgehead atoms. The molecule has 1 heterocycles. The van der Waals surface area contributed by atoms with Gasteiger partial charge in [-0.25, -0.2) is 4.79 Å².